The number of hydrogen-bond acceptors (Lipinski definition) is 0. The fourth-order valence-corrected chi connectivity index (χ4v) is 0.652. The molecule has 0 heteroatoms. The van der Waals surface area contributed by atoms with Crippen molar-refractivity contribution in [3.8, 4) is 12.3 Å². The largest absolute Gasteiger partial charge is 0.115 e. The average molecular weight is 146 g/mol. The van der Waals surface area contributed by atoms with Gasteiger partial charge in [0, 0.05) is 0 Å². The molecule has 0 aliphatic rings. The van der Waals surface area contributed by atoms with Crippen LogP contribution < -0.4 is 0 Å². The van der Waals surface area contributed by atoms with Crippen LogP contribution in [0.2, 0.25) is 0 Å². The molecule has 11 heavy (non-hydrogen) atoms. The van der Waals surface area contributed by atoms with E-state index in [0.29, 0.717) is 0 Å². The Bertz CT molecular complexity index is 221. The summed E-state index contributed by atoms with van der Waals surface area (Å²) in [6, 6.07) is 0. The summed E-state index contributed by atoms with van der Waals surface area (Å²) in [5.74, 6) is 2.44. The van der Waals surface area contributed by atoms with Crippen molar-refractivity contribution in [2.24, 2.45) is 0 Å². The predicted molar refractivity (Wildman–Crippen MR) is 51.2 cm³/mol. The van der Waals surface area contributed by atoms with E-state index < -0.39 is 0 Å². The van der Waals surface area contributed by atoms with Crippen molar-refractivity contribution < 1.29 is 0 Å². The van der Waals surface area contributed by atoms with Crippen LogP contribution in [0.5, 0.6) is 0 Å². The third-order valence-electron chi connectivity index (χ3n) is 1.33. The summed E-state index contributed by atoms with van der Waals surface area (Å²) in [4.78, 5) is 0. The first-order chi connectivity index (χ1) is 5.20. The molecule has 0 atom stereocenters. The molecule has 0 aromatic heterocycles. The maximum atomic E-state index is 5.05. The first kappa shape index (κ1) is 9.78. The van der Waals surface area contributed by atoms with E-state index in [1.54, 1.807) is 6.08 Å². The molecule has 0 heterocycles. The minimum absolute atomic E-state index is 0.987. The van der Waals surface area contributed by atoms with Gasteiger partial charge in [-0.2, -0.15) is 0 Å². The lowest BCUT2D eigenvalue weighted by Crippen LogP contribution is -1.73. The number of hydrogen-bond donors (Lipinski definition) is 0. The zero-order valence-corrected chi connectivity index (χ0v) is 7.22. The van der Waals surface area contributed by atoms with Gasteiger partial charge in [-0.3, -0.25) is 0 Å². The van der Waals surface area contributed by atoms with Gasteiger partial charge >= 0.3 is 0 Å². The van der Waals surface area contributed by atoms with Crippen molar-refractivity contribution in [3.05, 3.63) is 36.0 Å². The normalized spacial score (nSPS) is 11.5. The molecule has 0 rings (SSSR count). The summed E-state index contributed by atoms with van der Waals surface area (Å²) in [5.41, 5.74) is 2.28. The van der Waals surface area contributed by atoms with E-state index in [-0.39, 0.29) is 0 Å². The van der Waals surface area contributed by atoms with E-state index in [2.05, 4.69) is 19.4 Å². The monoisotopic (exact) mass is 146 g/mol. The fraction of sp³-hybridized carbons (Fsp3) is 0.273. The van der Waals surface area contributed by atoms with Crippen LogP contribution >= 0.6 is 0 Å². The molecular weight excluding hydrogens is 132 g/mol. The summed E-state index contributed by atoms with van der Waals surface area (Å²) in [6.45, 7) is 7.95. The molecule has 0 saturated carbocycles. The Kier molecular flexibility index (Phi) is 4.94. The molecule has 0 spiro atoms. The molecule has 0 aliphatic heterocycles. The van der Waals surface area contributed by atoms with Gasteiger partial charge in [-0.15, -0.1) is 6.42 Å². The third kappa shape index (κ3) is 5.24. The lowest BCUT2D eigenvalue weighted by Gasteiger charge is -1.93. The van der Waals surface area contributed by atoms with Crippen molar-refractivity contribution in [1.82, 2.24) is 0 Å². The van der Waals surface area contributed by atoms with E-state index in [4.69, 9.17) is 6.42 Å². The second-order valence-electron chi connectivity index (χ2n) is 2.40. The Morgan fingerprint density at radius 2 is 2.27 bits per heavy atom. The van der Waals surface area contributed by atoms with E-state index in [0.717, 1.165) is 17.6 Å². The Morgan fingerprint density at radius 1 is 1.64 bits per heavy atom. The number of allylic oxidation sites excluding steroid dienone is 5. The molecule has 0 aliphatic carbocycles. The van der Waals surface area contributed by atoms with Gasteiger partial charge in [0.2, 0.25) is 0 Å². The maximum Gasteiger partial charge on any atom is -0.0119 e. The van der Waals surface area contributed by atoms with Gasteiger partial charge in [-0.1, -0.05) is 42.7 Å². The smallest absolute Gasteiger partial charge is 0.0119 e. The van der Waals surface area contributed by atoms with Gasteiger partial charge in [-0.25, -0.2) is 0 Å². The Hall–Kier alpha value is -1.22. The highest BCUT2D eigenvalue weighted by atomic mass is 13.9. The van der Waals surface area contributed by atoms with Crippen molar-refractivity contribution in [3.63, 3.8) is 0 Å². The molecule has 0 bridgehead atoms. The van der Waals surface area contributed by atoms with Crippen molar-refractivity contribution in [2.45, 2.75) is 20.3 Å². The van der Waals surface area contributed by atoms with Crippen LogP contribution in [0.25, 0.3) is 0 Å². The van der Waals surface area contributed by atoms with Crippen LogP contribution in [0, 0.1) is 12.3 Å². The van der Waals surface area contributed by atoms with Crippen LogP contribution in [-0.2, 0) is 0 Å². The minimum Gasteiger partial charge on any atom is -0.115 e. The summed E-state index contributed by atoms with van der Waals surface area (Å²) in [5, 5.41) is 0. The summed E-state index contributed by atoms with van der Waals surface area (Å²) < 4.78 is 0. The zero-order valence-electron chi connectivity index (χ0n) is 7.22. The van der Waals surface area contributed by atoms with Crippen molar-refractivity contribution >= 4 is 0 Å². The first-order valence-corrected chi connectivity index (χ1v) is 3.69. The molecule has 0 saturated heterocycles. The molecule has 58 valence electrons. The summed E-state index contributed by atoms with van der Waals surface area (Å²) in [7, 11) is 0. The molecule has 0 unspecified atom stereocenters. The van der Waals surface area contributed by atoms with Gasteiger partial charge in [0.25, 0.3) is 0 Å². The lowest BCUT2D eigenvalue weighted by atomic mass is 10.1. The van der Waals surface area contributed by atoms with E-state index in [1.165, 1.54) is 0 Å². The van der Waals surface area contributed by atoms with Crippen LogP contribution in [0.15, 0.2) is 36.0 Å². The summed E-state index contributed by atoms with van der Waals surface area (Å²) >= 11 is 0. The van der Waals surface area contributed by atoms with Crippen LogP contribution in [-0.4, -0.2) is 0 Å². The Balaban J connectivity index is 4.13. The Morgan fingerprint density at radius 3 is 2.73 bits per heavy atom. The molecule has 0 amide bonds. The van der Waals surface area contributed by atoms with Gasteiger partial charge in [0.15, 0.2) is 0 Å². The second-order valence-corrected chi connectivity index (χ2v) is 2.40. The van der Waals surface area contributed by atoms with E-state index in [9.17, 15) is 0 Å². The molecule has 0 fully saturated rings. The third-order valence-corrected chi connectivity index (χ3v) is 1.33. The second kappa shape index (κ2) is 5.56. The molecule has 0 nitrogen and oxygen atoms in total. The standard InChI is InChI=1S/C11H14/c1-5-7-8-11(4)9-10(3)6-2/h1,7-9H,3,6H2,2,4H3/b8-7+,11-9-. The van der Waals surface area contributed by atoms with E-state index in [1.807, 2.05) is 19.1 Å². The molecule has 0 N–H and O–H groups in total. The van der Waals surface area contributed by atoms with E-state index >= 15 is 0 Å². The highest BCUT2D eigenvalue weighted by molar-refractivity contribution is 5.29. The molecular formula is C11H14. The predicted octanol–water partition coefficient (Wildman–Crippen LogP) is 3.09. The summed E-state index contributed by atoms with van der Waals surface area (Å²) in [6.07, 6.45) is 11.7. The van der Waals surface area contributed by atoms with Gasteiger partial charge in [0.05, 0.1) is 0 Å². The molecule has 0 aromatic rings. The van der Waals surface area contributed by atoms with Gasteiger partial charge in [0.1, 0.15) is 0 Å². The van der Waals surface area contributed by atoms with Crippen molar-refractivity contribution in [1.29, 1.82) is 0 Å². The average Bonchev–Trinajstić information content (AvgIpc) is 2.00. The maximum absolute atomic E-state index is 5.05. The lowest BCUT2D eigenvalue weighted by molar-refractivity contribution is 1.15. The highest BCUT2D eigenvalue weighted by Crippen LogP contribution is 2.04. The zero-order chi connectivity index (χ0) is 8.69. The fourth-order valence-electron chi connectivity index (χ4n) is 0.652. The molecule has 0 radical (unpaired) electrons. The quantitative estimate of drug-likeness (QED) is 0.424. The highest BCUT2D eigenvalue weighted by Gasteiger charge is 1.84. The van der Waals surface area contributed by atoms with Crippen LogP contribution in [0.3, 0.4) is 0 Å². The SMILES string of the molecule is C#C/C=C/C(C)=C\C(=C)CC. The van der Waals surface area contributed by atoms with Crippen molar-refractivity contribution in [2.75, 3.05) is 0 Å². The first-order valence-electron chi connectivity index (χ1n) is 3.69. The van der Waals surface area contributed by atoms with Gasteiger partial charge in [-0.05, 0) is 19.4 Å². The Labute approximate surface area is 69.3 Å². The van der Waals surface area contributed by atoms with Crippen LogP contribution in [0.4, 0.5) is 0 Å². The number of rotatable bonds is 3. The molecule has 0 aromatic carbocycles. The minimum atomic E-state index is 0.987. The van der Waals surface area contributed by atoms with Crippen LogP contribution in [0.1, 0.15) is 20.3 Å². The topological polar surface area (TPSA) is 0 Å². The number of terminal acetylenes is 1. The van der Waals surface area contributed by atoms with Gasteiger partial charge < -0.3 is 0 Å².